The average Bonchev–Trinajstić information content (AvgIpc) is 3.35. The second-order valence-corrected chi connectivity index (χ2v) is 15.2. The minimum Gasteiger partial charge on any atom is -0.496 e. The number of hydrogen-bond donors (Lipinski definition) is 3. The number of benzene rings is 2. The van der Waals surface area contributed by atoms with Gasteiger partial charge in [0.05, 0.1) is 26.4 Å². The number of aliphatic hydroxyl groups excluding tert-OH is 2. The molecule has 2 aromatic carbocycles. The van der Waals surface area contributed by atoms with Crippen molar-refractivity contribution in [1.82, 2.24) is 20.2 Å². The van der Waals surface area contributed by atoms with Crippen molar-refractivity contribution >= 4 is 5.91 Å². The largest absolute Gasteiger partial charge is 0.496 e. The maximum absolute atomic E-state index is 14.1. The third-order valence-corrected chi connectivity index (χ3v) is 11.1. The van der Waals surface area contributed by atoms with Crippen LogP contribution in [0.5, 0.6) is 5.75 Å². The number of amides is 1. The smallest absolute Gasteiger partial charge is 0.240 e. The van der Waals surface area contributed by atoms with Gasteiger partial charge in [-0.3, -0.25) is 9.63 Å². The first kappa shape index (κ1) is 34.8. The molecule has 8 atom stereocenters. The van der Waals surface area contributed by atoms with Gasteiger partial charge in [0.15, 0.2) is 0 Å². The molecule has 1 aliphatic heterocycles. The predicted molar refractivity (Wildman–Crippen MR) is 181 cm³/mol. The van der Waals surface area contributed by atoms with Crippen LogP contribution in [0.1, 0.15) is 57.2 Å². The lowest BCUT2D eigenvalue weighted by Gasteiger charge is -2.62. The number of hydroxylamine groups is 2. The van der Waals surface area contributed by atoms with Crippen LogP contribution in [-0.4, -0.2) is 97.2 Å². The molecule has 9 nitrogen and oxygen atoms in total. The van der Waals surface area contributed by atoms with Crippen molar-refractivity contribution < 1.29 is 24.6 Å². The van der Waals surface area contributed by atoms with Crippen LogP contribution in [0.4, 0.5) is 0 Å². The molecule has 3 saturated carbocycles. The summed E-state index contributed by atoms with van der Waals surface area (Å²) < 4.78 is 6.08. The van der Waals surface area contributed by atoms with E-state index in [1.54, 1.807) is 19.1 Å². The molecule has 0 spiro atoms. The summed E-state index contributed by atoms with van der Waals surface area (Å²) in [7, 11) is 9.96. The van der Waals surface area contributed by atoms with E-state index in [9.17, 15) is 15.0 Å². The second-order valence-electron chi connectivity index (χ2n) is 15.2. The van der Waals surface area contributed by atoms with Gasteiger partial charge in [0.25, 0.3) is 0 Å². The Bertz CT molecular complexity index is 1350. The van der Waals surface area contributed by atoms with Crippen LogP contribution in [0.15, 0.2) is 36.4 Å². The summed E-state index contributed by atoms with van der Waals surface area (Å²) in [5, 5.41) is 26.2. The van der Waals surface area contributed by atoms with E-state index in [-0.39, 0.29) is 25.1 Å². The molecular formula is C37H56N4O5. The number of nitrogens with one attached hydrogen (secondary N) is 1. The second kappa shape index (κ2) is 13.9. The molecule has 4 aliphatic rings. The van der Waals surface area contributed by atoms with Crippen LogP contribution in [-0.2, 0) is 29.3 Å². The number of para-hydroxylation sites is 1. The first-order valence-electron chi connectivity index (χ1n) is 16.9. The van der Waals surface area contributed by atoms with Crippen molar-refractivity contribution in [3.8, 4) is 16.9 Å². The number of carbonyl (C=O) groups excluding carboxylic acids is 1. The Morgan fingerprint density at radius 3 is 2.28 bits per heavy atom. The van der Waals surface area contributed by atoms with E-state index in [4.69, 9.17) is 9.57 Å². The number of fused-ring (bicyclic) bond motifs is 2. The van der Waals surface area contributed by atoms with Crippen LogP contribution < -0.4 is 10.1 Å². The van der Waals surface area contributed by atoms with E-state index in [1.807, 2.05) is 12.1 Å². The van der Waals surface area contributed by atoms with E-state index in [1.165, 1.54) is 17.5 Å². The number of hydrogen-bond acceptors (Lipinski definition) is 8. The lowest BCUT2D eigenvalue weighted by atomic mass is 9.45. The minimum atomic E-state index is -0.850. The lowest BCUT2D eigenvalue weighted by Crippen LogP contribution is -2.62. The molecule has 9 heteroatoms. The van der Waals surface area contributed by atoms with E-state index in [0.29, 0.717) is 28.9 Å². The molecule has 2 aromatic rings. The van der Waals surface area contributed by atoms with E-state index in [2.05, 4.69) is 88.3 Å². The lowest BCUT2D eigenvalue weighted by molar-refractivity contribution is -0.183. The topological polar surface area (TPSA) is 97.7 Å². The minimum absolute atomic E-state index is 0.0811. The molecule has 1 amide bonds. The molecule has 0 aromatic heterocycles. The quantitative estimate of drug-likeness (QED) is 0.320. The van der Waals surface area contributed by atoms with E-state index >= 15 is 0 Å². The Balaban J connectivity index is 1.45. The van der Waals surface area contributed by atoms with Crippen LogP contribution in [0, 0.1) is 29.1 Å². The molecule has 6 rings (SSSR count). The van der Waals surface area contributed by atoms with E-state index < -0.39 is 24.2 Å². The van der Waals surface area contributed by atoms with Crippen molar-refractivity contribution in [3.63, 3.8) is 0 Å². The molecule has 4 fully saturated rings. The molecular weight excluding hydrogens is 580 g/mol. The zero-order valence-electron chi connectivity index (χ0n) is 29.3. The first-order chi connectivity index (χ1) is 21.7. The van der Waals surface area contributed by atoms with Crippen LogP contribution in [0.3, 0.4) is 0 Å². The highest BCUT2D eigenvalue weighted by Gasteiger charge is 2.57. The highest BCUT2D eigenvalue weighted by molar-refractivity contribution is 5.83. The average molecular weight is 637 g/mol. The summed E-state index contributed by atoms with van der Waals surface area (Å²) in [6.45, 7) is 10.2. The van der Waals surface area contributed by atoms with Gasteiger partial charge in [0, 0.05) is 36.2 Å². The monoisotopic (exact) mass is 636 g/mol. The first-order valence-corrected chi connectivity index (χ1v) is 16.9. The van der Waals surface area contributed by atoms with Gasteiger partial charge < -0.3 is 30.1 Å². The number of ether oxygens (including phenoxy) is 1. The highest BCUT2D eigenvalue weighted by atomic mass is 16.7. The molecule has 1 unspecified atom stereocenters. The predicted octanol–water partition coefficient (Wildman–Crippen LogP) is 4.15. The van der Waals surface area contributed by atoms with Crippen molar-refractivity contribution in [2.45, 2.75) is 84.5 Å². The normalized spacial score (nSPS) is 29.5. The third kappa shape index (κ3) is 6.86. The maximum atomic E-state index is 14.1. The maximum Gasteiger partial charge on any atom is 0.240 e. The van der Waals surface area contributed by atoms with Gasteiger partial charge in [0.1, 0.15) is 17.9 Å². The Morgan fingerprint density at radius 1 is 1.11 bits per heavy atom. The molecule has 1 heterocycles. The van der Waals surface area contributed by atoms with Gasteiger partial charge in [-0.15, -0.1) is 0 Å². The van der Waals surface area contributed by atoms with Crippen LogP contribution in [0.2, 0.25) is 0 Å². The van der Waals surface area contributed by atoms with Gasteiger partial charge in [-0.1, -0.05) is 45.0 Å². The number of carbonyl (C=O) groups is 1. The summed E-state index contributed by atoms with van der Waals surface area (Å²) in [5.41, 5.74) is 5.64. The number of nitrogens with zero attached hydrogens (tertiary/aromatic N) is 3. The fourth-order valence-electron chi connectivity index (χ4n) is 8.66. The SMILES string of the molecule is COc1c(CN2O[C@@H](CO)C([C@H](C)O)[C@H]2C(=O)N[C@H]2C[C@H]3C[C@@H]([C@@H]2C)C3(C)C)cccc1-c1cc(CN(C)C)cc(CN(C)C)c1. The molecule has 2 bridgehead atoms. The zero-order valence-corrected chi connectivity index (χ0v) is 29.3. The molecule has 1 saturated heterocycles. The Hall–Kier alpha value is -2.53. The Kier molecular flexibility index (Phi) is 10.5. The number of methoxy groups -OCH3 is 1. The van der Waals surface area contributed by atoms with Crippen LogP contribution in [0.25, 0.3) is 11.1 Å². The fourth-order valence-corrected chi connectivity index (χ4v) is 8.66. The van der Waals surface area contributed by atoms with Crippen molar-refractivity contribution in [2.24, 2.45) is 29.1 Å². The molecule has 3 N–H and O–H groups in total. The van der Waals surface area contributed by atoms with Gasteiger partial charge in [-0.05, 0) is 99.9 Å². The third-order valence-electron chi connectivity index (χ3n) is 11.1. The van der Waals surface area contributed by atoms with Crippen molar-refractivity contribution in [3.05, 3.63) is 53.1 Å². The molecule has 3 aliphatic carbocycles. The number of rotatable bonds is 12. The summed E-state index contributed by atoms with van der Waals surface area (Å²) >= 11 is 0. The fraction of sp³-hybridized carbons (Fsp3) is 0.649. The standard InChI is InChI=1S/C37H56N4O5/c1-22-30-16-28(37(30,3)4)17-31(22)38-36(44)34-33(23(2)43)32(21-42)46-41(34)20-26-11-10-12-29(35(26)45-9)27-14-24(18-39(5)6)13-25(15-27)19-40(7)8/h10-15,22-23,28,30-34,42-43H,16-21H2,1-9H3,(H,38,44)/t22-,23-,28+,30-,31-,32-,33?,34-/m0/s1. The molecule has 254 valence electrons. The molecule has 0 radical (unpaired) electrons. The van der Waals surface area contributed by atoms with Crippen molar-refractivity contribution in [2.75, 3.05) is 41.9 Å². The van der Waals surface area contributed by atoms with Gasteiger partial charge in [-0.2, -0.15) is 5.06 Å². The van der Waals surface area contributed by atoms with Crippen molar-refractivity contribution in [1.29, 1.82) is 0 Å². The van der Waals surface area contributed by atoms with E-state index in [0.717, 1.165) is 36.2 Å². The van der Waals surface area contributed by atoms with Gasteiger partial charge in [-0.25, -0.2) is 0 Å². The van der Waals surface area contributed by atoms with Crippen LogP contribution >= 0.6 is 0 Å². The van der Waals surface area contributed by atoms with Gasteiger partial charge >= 0.3 is 0 Å². The highest BCUT2D eigenvalue weighted by Crippen LogP contribution is 2.61. The zero-order chi connectivity index (χ0) is 33.5. The number of aliphatic hydroxyl groups is 2. The Morgan fingerprint density at radius 2 is 1.76 bits per heavy atom. The summed E-state index contributed by atoms with van der Waals surface area (Å²) in [6.07, 6.45) is 0.646. The molecule has 46 heavy (non-hydrogen) atoms. The van der Waals surface area contributed by atoms with Gasteiger partial charge in [0.2, 0.25) is 5.91 Å². The Labute approximate surface area is 275 Å². The summed E-state index contributed by atoms with van der Waals surface area (Å²) in [5.74, 6) is 1.54. The summed E-state index contributed by atoms with van der Waals surface area (Å²) in [6, 6.07) is 12.1. The summed E-state index contributed by atoms with van der Waals surface area (Å²) in [4.78, 5) is 24.7.